The highest BCUT2D eigenvalue weighted by Crippen LogP contribution is 2.12. The number of carbonyl (C=O) groups is 5. The van der Waals surface area contributed by atoms with Gasteiger partial charge in [-0.15, -0.1) is 0 Å². The second-order valence-electron chi connectivity index (χ2n) is 9.79. The maximum absolute atomic E-state index is 13.3. The first kappa shape index (κ1) is 32.1. The molecule has 43 heavy (non-hydrogen) atoms. The van der Waals surface area contributed by atoms with Crippen molar-refractivity contribution in [2.45, 2.75) is 44.5 Å². The van der Waals surface area contributed by atoms with Crippen molar-refractivity contribution >= 4 is 29.7 Å². The summed E-state index contributed by atoms with van der Waals surface area (Å²) >= 11 is 0. The Labute approximate surface area is 249 Å². The summed E-state index contributed by atoms with van der Waals surface area (Å²) in [6.45, 7) is 1.01. The highest BCUT2D eigenvalue weighted by atomic mass is 16.5. The quantitative estimate of drug-likeness (QED) is 0.162. The summed E-state index contributed by atoms with van der Waals surface area (Å²) in [5.41, 5.74) is 7.28. The minimum absolute atomic E-state index is 0.0142. The summed E-state index contributed by atoms with van der Waals surface area (Å²) in [6.07, 6.45) is -0.683. The number of hydrogen-bond donors (Lipinski definition) is 6. The van der Waals surface area contributed by atoms with Crippen LogP contribution in [0.25, 0.3) is 0 Å². The van der Waals surface area contributed by atoms with Gasteiger partial charge in [0.15, 0.2) is 0 Å². The van der Waals surface area contributed by atoms with E-state index >= 15 is 0 Å². The molecule has 7 N–H and O–H groups in total. The van der Waals surface area contributed by atoms with E-state index in [1.807, 2.05) is 12.1 Å². The van der Waals surface area contributed by atoms with Gasteiger partial charge in [0.05, 0.1) is 6.54 Å². The number of benzene rings is 3. The van der Waals surface area contributed by atoms with Crippen LogP contribution in [-0.2, 0) is 43.4 Å². The lowest BCUT2D eigenvalue weighted by Crippen LogP contribution is -2.57. The normalized spacial score (nSPS) is 12.6. The van der Waals surface area contributed by atoms with Crippen molar-refractivity contribution < 1.29 is 33.8 Å². The van der Waals surface area contributed by atoms with Gasteiger partial charge >= 0.3 is 6.09 Å². The van der Waals surface area contributed by atoms with Crippen LogP contribution in [-0.4, -0.2) is 59.5 Å². The Morgan fingerprint density at radius 3 is 1.81 bits per heavy atom. The largest absolute Gasteiger partial charge is 0.508 e. The van der Waals surface area contributed by atoms with Crippen molar-refractivity contribution in [2.75, 3.05) is 6.54 Å². The fraction of sp³-hybridized carbons (Fsp3) is 0.258. The molecule has 0 aromatic heterocycles. The molecule has 0 radical (unpaired) electrons. The SMILES string of the molecule is C[C@@H](NC(=O)[C@H](Cc1ccc(O)cc1)NC(=O)OCc1ccccc1)C(=O)N[C@@H](Cc1ccccc1)C(=O)NCC(N)=O. The molecule has 0 saturated carbocycles. The van der Waals surface area contributed by atoms with Gasteiger partial charge in [0.1, 0.15) is 30.5 Å². The van der Waals surface area contributed by atoms with Crippen LogP contribution in [0, 0.1) is 0 Å². The number of amides is 5. The fourth-order valence-corrected chi connectivity index (χ4v) is 4.02. The van der Waals surface area contributed by atoms with E-state index < -0.39 is 54.4 Å². The number of carbonyl (C=O) groups excluding carboxylic acids is 5. The van der Waals surface area contributed by atoms with Gasteiger partial charge in [0, 0.05) is 12.8 Å². The molecule has 0 unspecified atom stereocenters. The molecule has 0 saturated heterocycles. The van der Waals surface area contributed by atoms with E-state index in [9.17, 15) is 29.1 Å². The lowest BCUT2D eigenvalue weighted by Gasteiger charge is -2.23. The maximum atomic E-state index is 13.3. The van der Waals surface area contributed by atoms with Crippen LogP contribution in [0.5, 0.6) is 5.75 Å². The number of hydrogen-bond acceptors (Lipinski definition) is 7. The minimum Gasteiger partial charge on any atom is -0.508 e. The van der Waals surface area contributed by atoms with Gasteiger partial charge in [-0.3, -0.25) is 19.2 Å². The Balaban J connectivity index is 1.67. The molecule has 3 aromatic rings. The van der Waals surface area contributed by atoms with Crippen LogP contribution >= 0.6 is 0 Å². The van der Waals surface area contributed by atoms with Crippen molar-refractivity contribution in [1.29, 1.82) is 0 Å². The standard InChI is InChI=1S/C31H35N5O7/c1-20(28(39)35-25(29(40)33-18-27(32)38)16-21-8-4-2-5-9-21)34-30(41)26(17-22-12-14-24(37)15-13-22)36-31(42)43-19-23-10-6-3-7-11-23/h2-15,20,25-26,37H,16-19H2,1H3,(H2,32,38)(H,33,40)(H,34,41)(H,35,39)(H,36,42)/t20-,25+,26+/m1/s1. The second kappa shape index (κ2) is 16.2. The molecule has 12 nitrogen and oxygen atoms in total. The molecule has 0 spiro atoms. The third-order valence-electron chi connectivity index (χ3n) is 6.30. The molecular formula is C31H35N5O7. The van der Waals surface area contributed by atoms with Crippen molar-refractivity contribution in [3.8, 4) is 5.75 Å². The van der Waals surface area contributed by atoms with E-state index in [1.54, 1.807) is 60.7 Å². The van der Waals surface area contributed by atoms with E-state index in [1.165, 1.54) is 19.1 Å². The van der Waals surface area contributed by atoms with Crippen molar-refractivity contribution in [1.82, 2.24) is 21.3 Å². The molecule has 3 atom stereocenters. The summed E-state index contributed by atoms with van der Waals surface area (Å²) in [4.78, 5) is 62.9. The third-order valence-corrected chi connectivity index (χ3v) is 6.30. The Bertz CT molecular complexity index is 1380. The van der Waals surface area contributed by atoms with Gasteiger partial charge < -0.3 is 36.8 Å². The van der Waals surface area contributed by atoms with E-state index in [0.29, 0.717) is 5.56 Å². The molecule has 5 amide bonds. The predicted octanol–water partition coefficient (Wildman–Crippen LogP) is 1.06. The number of aromatic hydroxyl groups is 1. The third kappa shape index (κ3) is 11.2. The van der Waals surface area contributed by atoms with Crippen molar-refractivity contribution in [2.24, 2.45) is 5.73 Å². The first-order chi connectivity index (χ1) is 20.6. The summed E-state index contributed by atoms with van der Waals surface area (Å²) in [5, 5.41) is 19.7. The van der Waals surface area contributed by atoms with Gasteiger partial charge in [-0.2, -0.15) is 0 Å². The fourth-order valence-electron chi connectivity index (χ4n) is 4.02. The molecule has 3 rings (SSSR count). The molecule has 0 aliphatic heterocycles. The summed E-state index contributed by atoms with van der Waals surface area (Å²) in [6, 6.07) is 20.7. The molecule has 226 valence electrons. The minimum atomic E-state index is -1.14. The number of phenolic OH excluding ortho intramolecular Hbond substituents is 1. The molecule has 0 heterocycles. The van der Waals surface area contributed by atoms with Gasteiger partial charge in [0.2, 0.25) is 23.6 Å². The second-order valence-corrected chi connectivity index (χ2v) is 9.79. The molecule has 3 aromatic carbocycles. The number of alkyl carbamates (subject to hydrolysis) is 1. The van der Waals surface area contributed by atoms with Crippen LogP contribution in [0.1, 0.15) is 23.6 Å². The number of phenols is 1. The van der Waals surface area contributed by atoms with Crippen LogP contribution in [0.4, 0.5) is 4.79 Å². The number of nitrogens with one attached hydrogen (secondary N) is 4. The van der Waals surface area contributed by atoms with Gasteiger partial charge in [-0.25, -0.2) is 4.79 Å². The van der Waals surface area contributed by atoms with Crippen LogP contribution in [0.3, 0.4) is 0 Å². The first-order valence-corrected chi connectivity index (χ1v) is 13.6. The summed E-state index contributed by atoms with van der Waals surface area (Å²) < 4.78 is 5.27. The zero-order chi connectivity index (χ0) is 31.2. The molecule has 0 aliphatic rings. The first-order valence-electron chi connectivity index (χ1n) is 13.6. The van der Waals surface area contributed by atoms with Crippen LogP contribution in [0.15, 0.2) is 84.9 Å². The Morgan fingerprint density at radius 2 is 1.23 bits per heavy atom. The molecule has 0 aliphatic carbocycles. The zero-order valence-electron chi connectivity index (χ0n) is 23.6. The molecular weight excluding hydrogens is 554 g/mol. The highest BCUT2D eigenvalue weighted by Gasteiger charge is 2.28. The zero-order valence-corrected chi connectivity index (χ0v) is 23.6. The Hall–Kier alpha value is -5.39. The van der Waals surface area contributed by atoms with Crippen molar-refractivity contribution in [3.63, 3.8) is 0 Å². The number of primary amides is 1. The average Bonchev–Trinajstić information content (AvgIpc) is 3.00. The highest BCUT2D eigenvalue weighted by molar-refractivity contribution is 5.94. The van der Waals surface area contributed by atoms with Gasteiger partial charge in [0.25, 0.3) is 0 Å². The Kier molecular flexibility index (Phi) is 12.1. The van der Waals surface area contributed by atoms with E-state index in [4.69, 9.17) is 10.5 Å². The average molecular weight is 590 g/mol. The topological polar surface area (TPSA) is 189 Å². The number of ether oxygens (including phenoxy) is 1. The van der Waals surface area contributed by atoms with E-state index in [2.05, 4.69) is 21.3 Å². The van der Waals surface area contributed by atoms with Crippen molar-refractivity contribution in [3.05, 3.63) is 102 Å². The smallest absolute Gasteiger partial charge is 0.408 e. The predicted molar refractivity (Wildman–Crippen MR) is 157 cm³/mol. The number of rotatable bonds is 14. The number of nitrogens with two attached hydrogens (primary N) is 1. The molecule has 12 heteroatoms. The summed E-state index contributed by atoms with van der Waals surface area (Å²) in [7, 11) is 0. The molecule has 0 fully saturated rings. The van der Waals surface area contributed by atoms with Gasteiger partial charge in [-0.1, -0.05) is 72.8 Å². The Morgan fingerprint density at radius 1 is 0.698 bits per heavy atom. The lowest BCUT2D eigenvalue weighted by molar-refractivity contribution is -0.132. The summed E-state index contributed by atoms with van der Waals surface area (Å²) in [5.74, 6) is -2.67. The van der Waals surface area contributed by atoms with Gasteiger partial charge in [-0.05, 0) is 35.7 Å². The van der Waals surface area contributed by atoms with E-state index in [0.717, 1.165) is 11.1 Å². The van der Waals surface area contributed by atoms with Crippen LogP contribution < -0.4 is 27.0 Å². The maximum Gasteiger partial charge on any atom is 0.408 e. The molecule has 0 bridgehead atoms. The lowest BCUT2D eigenvalue weighted by atomic mass is 10.0. The van der Waals surface area contributed by atoms with E-state index in [-0.39, 0.29) is 25.2 Å². The van der Waals surface area contributed by atoms with Crippen LogP contribution in [0.2, 0.25) is 0 Å². The monoisotopic (exact) mass is 589 g/mol.